The van der Waals surface area contributed by atoms with Gasteiger partial charge in [0, 0.05) is 0 Å². The topological polar surface area (TPSA) is 150 Å². The number of aliphatic carboxylic acids is 1. The highest BCUT2D eigenvalue weighted by Gasteiger charge is 2.26. The maximum atomic E-state index is 10.5. The highest BCUT2D eigenvalue weighted by atomic mass is 31.2. The summed E-state index contributed by atoms with van der Waals surface area (Å²) in [6.45, 7) is 0. The first-order chi connectivity index (χ1) is 6.26. The predicted octanol–water partition coefficient (Wildman–Crippen LogP) is -0.899. The van der Waals surface area contributed by atoms with Crippen LogP contribution in [-0.2, 0) is 9.36 Å². The molecule has 82 valence electrons. The molecular weight excluding hydrogens is 215 g/mol. The number of carbonyl (C=O) groups is 1. The summed E-state index contributed by atoms with van der Waals surface area (Å²) in [5.41, 5.74) is 5.06. The molecule has 1 unspecified atom stereocenters. The van der Waals surface area contributed by atoms with E-state index in [4.69, 9.17) is 20.6 Å². The van der Waals surface area contributed by atoms with Gasteiger partial charge in [-0.1, -0.05) is 5.18 Å². The molecule has 14 heavy (non-hydrogen) atoms. The van der Waals surface area contributed by atoms with Gasteiger partial charge in [0.05, 0.1) is 6.16 Å². The SMILES string of the molecule is N[C@@H](CC(CP(=O)(O)O)N=O)C(=O)O. The molecule has 8 nitrogen and oxygen atoms in total. The standard InChI is InChI=1S/C5H11N2O6P/c6-4(5(8)9)1-3(7-10)2-14(11,12)13/h3-4H,1-2,6H2,(H,8,9)(H2,11,12,13)/t3?,4-/m0/s1. The fraction of sp³-hybridized carbons (Fsp3) is 0.800. The second-order valence-corrected chi connectivity index (χ2v) is 4.48. The Morgan fingerprint density at radius 3 is 2.29 bits per heavy atom. The van der Waals surface area contributed by atoms with Crippen molar-refractivity contribution in [3.05, 3.63) is 4.91 Å². The maximum Gasteiger partial charge on any atom is 0.327 e. The third kappa shape index (κ3) is 5.76. The van der Waals surface area contributed by atoms with Crippen LogP contribution >= 0.6 is 7.60 Å². The van der Waals surface area contributed by atoms with Crippen LogP contribution in [-0.4, -0.2) is 39.1 Å². The number of carboxylic acid groups (broad SMARTS) is 1. The minimum absolute atomic E-state index is 0.385. The molecule has 0 rings (SSSR count). The van der Waals surface area contributed by atoms with Gasteiger partial charge in [-0.25, -0.2) is 0 Å². The van der Waals surface area contributed by atoms with Gasteiger partial charge in [-0.15, -0.1) is 0 Å². The summed E-state index contributed by atoms with van der Waals surface area (Å²) in [6.07, 6.45) is -1.17. The average Bonchev–Trinajstić information content (AvgIpc) is 2.00. The van der Waals surface area contributed by atoms with Crippen molar-refractivity contribution in [3.8, 4) is 0 Å². The molecule has 9 heteroatoms. The number of hydrogen-bond donors (Lipinski definition) is 4. The molecule has 0 aromatic carbocycles. The van der Waals surface area contributed by atoms with Crippen molar-refractivity contribution in [3.63, 3.8) is 0 Å². The van der Waals surface area contributed by atoms with E-state index in [9.17, 15) is 14.3 Å². The Hall–Kier alpha value is -0.820. The van der Waals surface area contributed by atoms with Crippen LogP contribution < -0.4 is 5.73 Å². The third-order valence-corrected chi connectivity index (χ3v) is 2.34. The first-order valence-corrected chi connectivity index (χ1v) is 5.41. The van der Waals surface area contributed by atoms with Gasteiger partial charge in [0.25, 0.3) is 0 Å². The van der Waals surface area contributed by atoms with Crippen molar-refractivity contribution < 1.29 is 24.3 Å². The van der Waals surface area contributed by atoms with E-state index in [1.807, 2.05) is 0 Å². The largest absolute Gasteiger partial charge is 0.480 e. The Bertz CT molecular complexity index is 263. The van der Waals surface area contributed by atoms with E-state index in [0.29, 0.717) is 0 Å². The second kappa shape index (κ2) is 5.16. The fourth-order valence-corrected chi connectivity index (χ4v) is 1.58. The van der Waals surface area contributed by atoms with Gasteiger partial charge in [-0.3, -0.25) is 9.36 Å². The van der Waals surface area contributed by atoms with Gasteiger partial charge in [-0.2, -0.15) is 4.91 Å². The quantitative estimate of drug-likeness (QED) is 0.338. The third-order valence-electron chi connectivity index (χ3n) is 1.44. The van der Waals surface area contributed by atoms with E-state index in [-0.39, 0.29) is 6.42 Å². The minimum atomic E-state index is -4.37. The lowest BCUT2D eigenvalue weighted by molar-refractivity contribution is -0.138. The van der Waals surface area contributed by atoms with Gasteiger partial charge < -0.3 is 20.6 Å². The summed E-state index contributed by atoms with van der Waals surface area (Å²) < 4.78 is 10.5. The van der Waals surface area contributed by atoms with Crippen LogP contribution in [0.3, 0.4) is 0 Å². The van der Waals surface area contributed by atoms with Crippen LogP contribution in [0.4, 0.5) is 0 Å². The molecule has 0 radical (unpaired) electrons. The van der Waals surface area contributed by atoms with Crippen LogP contribution in [0.15, 0.2) is 5.18 Å². The molecule has 0 heterocycles. The van der Waals surface area contributed by atoms with Crippen LogP contribution in [0, 0.1) is 4.91 Å². The lowest BCUT2D eigenvalue weighted by atomic mass is 10.1. The molecule has 0 amide bonds. The van der Waals surface area contributed by atoms with E-state index in [1.165, 1.54) is 0 Å². The van der Waals surface area contributed by atoms with Gasteiger partial charge in [0.15, 0.2) is 0 Å². The lowest BCUT2D eigenvalue weighted by Gasteiger charge is -2.12. The predicted molar refractivity (Wildman–Crippen MR) is 46.7 cm³/mol. The molecule has 0 saturated carbocycles. The summed E-state index contributed by atoms with van der Waals surface area (Å²) in [5.74, 6) is -1.34. The first kappa shape index (κ1) is 13.2. The number of nitrogens with zero attached hydrogens (tertiary/aromatic N) is 1. The molecule has 0 aliphatic heterocycles. The fourth-order valence-electron chi connectivity index (χ4n) is 0.819. The summed E-state index contributed by atoms with van der Waals surface area (Å²) >= 11 is 0. The van der Waals surface area contributed by atoms with E-state index in [0.717, 1.165) is 0 Å². The summed E-state index contributed by atoms with van der Waals surface area (Å²) in [5, 5.41) is 10.8. The lowest BCUT2D eigenvalue weighted by Crippen LogP contribution is -2.34. The average molecular weight is 226 g/mol. The van der Waals surface area contributed by atoms with Crippen molar-refractivity contribution in [1.29, 1.82) is 0 Å². The number of carboxylic acids is 1. The van der Waals surface area contributed by atoms with Crippen LogP contribution in [0.5, 0.6) is 0 Å². The van der Waals surface area contributed by atoms with Crippen molar-refractivity contribution in [2.24, 2.45) is 10.9 Å². The van der Waals surface area contributed by atoms with Crippen LogP contribution in [0.2, 0.25) is 0 Å². The number of nitrogens with two attached hydrogens (primary N) is 1. The monoisotopic (exact) mass is 226 g/mol. The first-order valence-electron chi connectivity index (χ1n) is 3.61. The Kier molecular flexibility index (Phi) is 4.86. The van der Waals surface area contributed by atoms with Crippen molar-refractivity contribution in [2.45, 2.75) is 18.5 Å². The number of hydrogen-bond acceptors (Lipinski definition) is 5. The zero-order chi connectivity index (χ0) is 11.4. The summed E-state index contributed by atoms with van der Waals surface area (Å²) in [7, 11) is -4.37. The molecule has 0 aromatic rings. The molecule has 0 aliphatic carbocycles. The normalized spacial score (nSPS) is 15.9. The maximum absolute atomic E-state index is 10.5. The summed E-state index contributed by atoms with van der Waals surface area (Å²) in [6, 6.07) is -2.62. The highest BCUT2D eigenvalue weighted by molar-refractivity contribution is 7.51. The van der Waals surface area contributed by atoms with E-state index >= 15 is 0 Å². The van der Waals surface area contributed by atoms with Gasteiger partial charge in [0.2, 0.25) is 0 Å². The minimum Gasteiger partial charge on any atom is -0.480 e. The Labute approximate surface area is 79.2 Å². The smallest absolute Gasteiger partial charge is 0.327 e. The van der Waals surface area contributed by atoms with E-state index in [2.05, 4.69) is 5.18 Å². The Morgan fingerprint density at radius 2 is 2.00 bits per heavy atom. The van der Waals surface area contributed by atoms with Crippen molar-refractivity contribution >= 4 is 13.6 Å². The summed E-state index contributed by atoms with van der Waals surface area (Å²) in [4.78, 5) is 37.3. The van der Waals surface area contributed by atoms with E-state index in [1.54, 1.807) is 0 Å². The Balaban J connectivity index is 4.24. The van der Waals surface area contributed by atoms with Crippen molar-refractivity contribution in [2.75, 3.05) is 6.16 Å². The second-order valence-electron chi connectivity index (χ2n) is 2.79. The molecule has 0 saturated heterocycles. The molecule has 0 aromatic heterocycles. The zero-order valence-electron chi connectivity index (χ0n) is 7.11. The molecular formula is C5H11N2O6P. The Morgan fingerprint density at radius 1 is 1.50 bits per heavy atom. The van der Waals surface area contributed by atoms with Crippen molar-refractivity contribution in [1.82, 2.24) is 0 Å². The number of rotatable bonds is 6. The van der Waals surface area contributed by atoms with Gasteiger partial charge >= 0.3 is 13.6 Å². The molecule has 0 aliphatic rings. The number of nitroso groups, excluding NO2 is 1. The molecule has 0 fully saturated rings. The van der Waals surface area contributed by atoms with Gasteiger partial charge in [-0.05, 0) is 6.42 Å². The molecule has 2 atom stereocenters. The highest BCUT2D eigenvalue weighted by Crippen LogP contribution is 2.36. The zero-order valence-corrected chi connectivity index (χ0v) is 8.00. The van der Waals surface area contributed by atoms with Gasteiger partial charge in [0.1, 0.15) is 12.1 Å². The van der Waals surface area contributed by atoms with Crippen LogP contribution in [0.25, 0.3) is 0 Å². The molecule has 0 spiro atoms. The molecule has 0 bridgehead atoms. The molecule has 5 N–H and O–H groups in total. The van der Waals surface area contributed by atoms with Crippen LogP contribution in [0.1, 0.15) is 6.42 Å². The van der Waals surface area contributed by atoms with E-state index < -0.39 is 31.8 Å².